The monoisotopic (exact) mass is 286 g/mol. The van der Waals surface area contributed by atoms with E-state index in [1.54, 1.807) is 0 Å². The second kappa shape index (κ2) is 5.38. The van der Waals surface area contributed by atoms with Gasteiger partial charge < -0.3 is 9.84 Å². The zero-order valence-electron chi connectivity index (χ0n) is 8.01. The minimum Gasteiger partial charge on any atom is -0.496 e. The van der Waals surface area contributed by atoms with E-state index >= 15 is 0 Å². The molecule has 0 radical (unpaired) electrons. The van der Waals surface area contributed by atoms with Crippen LogP contribution in [0.25, 0.3) is 0 Å². The summed E-state index contributed by atoms with van der Waals surface area (Å²) >= 11 is 0. The molecule has 0 fully saturated rings. The Morgan fingerprint density at radius 3 is 2.38 bits per heavy atom. The fourth-order valence-electron chi connectivity index (χ4n) is 1.01. The number of carboxylic acid groups (broad SMARTS) is 1. The Morgan fingerprint density at radius 2 is 2.00 bits per heavy atom. The van der Waals surface area contributed by atoms with Crippen LogP contribution in [0.5, 0.6) is 5.75 Å². The maximum Gasteiger partial charge on any atom is 0.339 e. The lowest BCUT2D eigenvalue weighted by atomic mass is 10.2. The highest BCUT2D eigenvalue weighted by molar-refractivity contribution is 8.13. The molecule has 0 saturated carbocycles. The second-order valence-electron chi connectivity index (χ2n) is 2.61. The van der Waals surface area contributed by atoms with Crippen LogP contribution >= 0.6 is 23.1 Å². The Morgan fingerprint density at radius 1 is 1.44 bits per heavy atom. The first-order valence-corrected chi connectivity index (χ1v) is 6.03. The highest BCUT2D eigenvalue weighted by Gasteiger charge is 2.17. The number of halogens is 2. The standard InChI is InChI=1S/C8H7ClO5S.ClH/c1-14-7-3-2-5(15(9,12)13)4-6(7)8(10)11;/h2-4H,1H3,(H,10,11);1H. The first-order chi connectivity index (χ1) is 6.86. The molecule has 8 heteroatoms. The van der Waals surface area contributed by atoms with Crippen LogP contribution in [0.1, 0.15) is 10.4 Å². The molecule has 1 aromatic carbocycles. The number of aromatic carboxylic acids is 1. The highest BCUT2D eigenvalue weighted by Crippen LogP contribution is 2.24. The molecule has 16 heavy (non-hydrogen) atoms. The van der Waals surface area contributed by atoms with Crippen molar-refractivity contribution in [3.63, 3.8) is 0 Å². The van der Waals surface area contributed by atoms with Crippen LogP contribution in [0.3, 0.4) is 0 Å². The van der Waals surface area contributed by atoms with Gasteiger partial charge in [0.15, 0.2) is 0 Å². The lowest BCUT2D eigenvalue weighted by molar-refractivity contribution is 0.0693. The molecule has 0 spiro atoms. The van der Waals surface area contributed by atoms with Gasteiger partial charge in [-0.1, -0.05) is 0 Å². The zero-order valence-corrected chi connectivity index (χ0v) is 10.4. The van der Waals surface area contributed by atoms with E-state index in [-0.39, 0.29) is 28.6 Å². The minimum absolute atomic E-state index is 0. The molecule has 0 unspecified atom stereocenters. The van der Waals surface area contributed by atoms with E-state index in [4.69, 9.17) is 20.5 Å². The van der Waals surface area contributed by atoms with Crippen molar-refractivity contribution in [3.8, 4) is 5.75 Å². The quantitative estimate of drug-likeness (QED) is 0.856. The Balaban J connectivity index is 0.00000225. The third kappa shape index (κ3) is 3.26. The van der Waals surface area contributed by atoms with Gasteiger partial charge in [0.1, 0.15) is 11.3 Å². The Bertz CT molecular complexity index is 497. The summed E-state index contributed by atoms with van der Waals surface area (Å²) in [6.07, 6.45) is 0. The molecule has 0 aliphatic carbocycles. The van der Waals surface area contributed by atoms with Gasteiger partial charge in [-0.05, 0) is 18.2 Å². The Hall–Kier alpha value is -0.980. The number of hydrogen-bond acceptors (Lipinski definition) is 4. The van der Waals surface area contributed by atoms with E-state index in [0.717, 1.165) is 6.07 Å². The van der Waals surface area contributed by atoms with Gasteiger partial charge in [0.2, 0.25) is 0 Å². The SMILES string of the molecule is COc1ccc(S(=O)(=O)Cl)cc1C(=O)O.Cl. The fourth-order valence-corrected chi connectivity index (χ4v) is 1.78. The molecule has 0 aliphatic rings. The van der Waals surface area contributed by atoms with E-state index in [9.17, 15) is 13.2 Å². The van der Waals surface area contributed by atoms with E-state index in [2.05, 4.69) is 0 Å². The molecule has 0 atom stereocenters. The van der Waals surface area contributed by atoms with Crippen molar-refractivity contribution in [1.29, 1.82) is 0 Å². The normalized spacial score (nSPS) is 10.4. The largest absolute Gasteiger partial charge is 0.496 e. The van der Waals surface area contributed by atoms with E-state index in [1.807, 2.05) is 0 Å². The van der Waals surface area contributed by atoms with Crippen molar-refractivity contribution in [2.75, 3.05) is 7.11 Å². The van der Waals surface area contributed by atoms with Crippen LogP contribution in [-0.2, 0) is 9.05 Å². The molecule has 90 valence electrons. The van der Waals surface area contributed by atoms with Gasteiger partial charge in [0, 0.05) is 10.7 Å². The lowest BCUT2D eigenvalue weighted by Crippen LogP contribution is -2.02. The molecule has 0 saturated heterocycles. The van der Waals surface area contributed by atoms with Crippen molar-refractivity contribution in [2.45, 2.75) is 4.90 Å². The predicted molar refractivity (Wildman–Crippen MR) is 60.2 cm³/mol. The number of methoxy groups -OCH3 is 1. The van der Waals surface area contributed by atoms with Crippen LogP contribution in [0.15, 0.2) is 23.1 Å². The van der Waals surface area contributed by atoms with Crippen LogP contribution in [0.4, 0.5) is 0 Å². The average Bonchev–Trinajstić information content (AvgIpc) is 2.15. The Labute approximate surface area is 103 Å². The van der Waals surface area contributed by atoms with Crippen LogP contribution in [0, 0.1) is 0 Å². The summed E-state index contributed by atoms with van der Waals surface area (Å²) in [5, 5.41) is 8.77. The Kier molecular flexibility index (Phi) is 5.05. The smallest absolute Gasteiger partial charge is 0.339 e. The summed E-state index contributed by atoms with van der Waals surface area (Å²) in [7, 11) is 2.43. The third-order valence-corrected chi connectivity index (χ3v) is 3.03. The topological polar surface area (TPSA) is 80.7 Å². The molecule has 0 aromatic heterocycles. The van der Waals surface area contributed by atoms with Crippen molar-refractivity contribution in [1.82, 2.24) is 0 Å². The molecule has 0 heterocycles. The number of carboxylic acids is 1. The summed E-state index contributed by atoms with van der Waals surface area (Å²) in [5.74, 6) is -1.21. The summed E-state index contributed by atoms with van der Waals surface area (Å²) in [4.78, 5) is 10.5. The molecule has 1 N–H and O–H groups in total. The van der Waals surface area contributed by atoms with Crippen molar-refractivity contribution in [3.05, 3.63) is 23.8 Å². The van der Waals surface area contributed by atoms with Gasteiger partial charge in [-0.2, -0.15) is 0 Å². The summed E-state index contributed by atoms with van der Waals surface area (Å²) < 4.78 is 26.6. The molecule has 0 amide bonds. The van der Waals surface area contributed by atoms with E-state index in [1.165, 1.54) is 19.2 Å². The minimum atomic E-state index is -3.93. The number of carbonyl (C=O) groups is 1. The number of rotatable bonds is 3. The third-order valence-electron chi connectivity index (χ3n) is 1.68. The first kappa shape index (κ1) is 15.0. The molecule has 1 aromatic rings. The summed E-state index contributed by atoms with van der Waals surface area (Å²) in [6, 6.07) is 3.36. The average molecular weight is 287 g/mol. The maximum absolute atomic E-state index is 10.9. The molecule has 0 aliphatic heterocycles. The van der Waals surface area contributed by atoms with Gasteiger partial charge in [0.05, 0.1) is 12.0 Å². The van der Waals surface area contributed by atoms with Crippen molar-refractivity contribution in [2.24, 2.45) is 0 Å². The summed E-state index contributed by atoms with van der Waals surface area (Å²) in [6.45, 7) is 0. The second-order valence-corrected chi connectivity index (χ2v) is 5.17. The molecular formula is C8H8Cl2O5S. The molecule has 5 nitrogen and oxygen atoms in total. The molecule has 0 bridgehead atoms. The van der Waals surface area contributed by atoms with Gasteiger partial charge in [-0.15, -0.1) is 12.4 Å². The number of hydrogen-bond donors (Lipinski definition) is 1. The highest BCUT2D eigenvalue weighted by atomic mass is 35.7. The number of ether oxygens (including phenoxy) is 1. The van der Waals surface area contributed by atoms with Gasteiger partial charge in [-0.25, -0.2) is 13.2 Å². The van der Waals surface area contributed by atoms with E-state index in [0.29, 0.717) is 0 Å². The van der Waals surface area contributed by atoms with Gasteiger partial charge in [-0.3, -0.25) is 0 Å². The van der Waals surface area contributed by atoms with Crippen LogP contribution in [0.2, 0.25) is 0 Å². The predicted octanol–water partition coefficient (Wildman–Crippen LogP) is 1.74. The molecule has 1 rings (SSSR count). The zero-order chi connectivity index (χ0) is 11.6. The number of benzene rings is 1. The molecular weight excluding hydrogens is 279 g/mol. The maximum atomic E-state index is 10.9. The first-order valence-electron chi connectivity index (χ1n) is 3.72. The summed E-state index contributed by atoms with van der Waals surface area (Å²) in [5.41, 5.74) is -0.251. The van der Waals surface area contributed by atoms with Gasteiger partial charge in [0.25, 0.3) is 9.05 Å². The van der Waals surface area contributed by atoms with Crippen molar-refractivity contribution >= 4 is 38.1 Å². The fraction of sp³-hybridized carbons (Fsp3) is 0.125. The van der Waals surface area contributed by atoms with Gasteiger partial charge >= 0.3 is 5.97 Å². The van der Waals surface area contributed by atoms with Crippen molar-refractivity contribution < 1.29 is 23.1 Å². The van der Waals surface area contributed by atoms with E-state index < -0.39 is 15.0 Å². The van der Waals surface area contributed by atoms with Crippen LogP contribution in [-0.4, -0.2) is 26.6 Å². The van der Waals surface area contributed by atoms with Crippen LogP contribution < -0.4 is 4.74 Å². The lowest BCUT2D eigenvalue weighted by Gasteiger charge is -2.05.